The summed E-state index contributed by atoms with van der Waals surface area (Å²) in [7, 11) is 0. The molecular weight excluding hydrogens is 438 g/mol. The van der Waals surface area contributed by atoms with Gasteiger partial charge < -0.3 is 14.5 Å². The minimum atomic E-state index is -0.571. The minimum Gasteiger partial charge on any atom is -0.481 e. The Morgan fingerprint density at radius 2 is 1.91 bits per heavy atom. The van der Waals surface area contributed by atoms with Crippen molar-refractivity contribution < 1.29 is 9.53 Å². The summed E-state index contributed by atoms with van der Waals surface area (Å²) in [5, 5.41) is 0.594. The molecule has 3 heterocycles. The van der Waals surface area contributed by atoms with Gasteiger partial charge in [-0.25, -0.2) is 9.97 Å². The zero-order valence-electron chi connectivity index (χ0n) is 19.3. The number of rotatable bonds is 5. The summed E-state index contributed by atoms with van der Waals surface area (Å²) in [6, 6.07) is 7.95. The van der Waals surface area contributed by atoms with E-state index >= 15 is 0 Å². The predicted octanol–water partition coefficient (Wildman–Crippen LogP) is 3.20. The third-order valence-electron chi connectivity index (χ3n) is 7.17. The Labute approximate surface area is 200 Å². The number of halogens is 1. The second kappa shape index (κ2) is 9.85. The highest BCUT2D eigenvalue weighted by Gasteiger charge is 2.29. The molecule has 8 heteroatoms. The highest BCUT2D eigenvalue weighted by Crippen LogP contribution is 2.26. The van der Waals surface area contributed by atoms with Crippen LogP contribution < -0.4 is 9.64 Å². The molecule has 1 unspecified atom stereocenters. The Morgan fingerprint density at radius 3 is 2.64 bits per heavy atom. The monoisotopic (exact) mass is 469 g/mol. The molecule has 1 aliphatic carbocycles. The molecule has 0 N–H and O–H groups in total. The van der Waals surface area contributed by atoms with Crippen molar-refractivity contribution in [2.24, 2.45) is 0 Å². The van der Waals surface area contributed by atoms with Crippen LogP contribution in [-0.4, -0.2) is 77.1 Å². The molecule has 1 aromatic carbocycles. The molecule has 1 saturated heterocycles. The standard InChI is InChI=1S/C25H32ClN5O2/c1-18(33-22-7-2-4-20(26)16-22)24(32)30-10-8-19-17-27-25(28-23(19)9-11-30)31-14-12-29(13-15-31)21-5-3-6-21/h2,4,7,16-18,21H,3,5-6,8-15H2,1H3. The fourth-order valence-corrected chi connectivity index (χ4v) is 5.11. The van der Waals surface area contributed by atoms with Gasteiger partial charge in [0.1, 0.15) is 5.75 Å². The largest absolute Gasteiger partial charge is 0.481 e. The Kier molecular flexibility index (Phi) is 6.69. The SMILES string of the molecule is CC(Oc1cccc(Cl)c1)C(=O)N1CCc2cnc(N3CCN(C4CCC4)CC3)nc2CC1. The van der Waals surface area contributed by atoms with Crippen LogP contribution in [0, 0.1) is 0 Å². The van der Waals surface area contributed by atoms with E-state index in [0.29, 0.717) is 23.9 Å². The van der Waals surface area contributed by atoms with E-state index in [1.807, 2.05) is 23.2 Å². The molecule has 2 aromatic rings. The number of hydrogen-bond donors (Lipinski definition) is 0. The topological polar surface area (TPSA) is 61.8 Å². The molecule has 0 radical (unpaired) electrons. The molecule has 2 fully saturated rings. The molecule has 0 bridgehead atoms. The lowest BCUT2D eigenvalue weighted by molar-refractivity contribution is -0.137. The molecule has 3 aliphatic rings. The van der Waals surface area contributed by atoms with Crippen molar-refractivity contribution >= 4 is 23.5 Å². The van der Waals surface area contributed by atoms with E-state index in [0.717, 1.165) is 62.3 Å². The number of benzene rings is 1. The lowest BCUT2D eigenvalue weighted by Gasteiger charge is -2.43. The van der Waals surface area contributed by atoms with Crippen molar-refractivity contribution in [3.63, 3.8) is 0 Å². The molecule has 1 aromatic heterocycles. The van der Waals surface area contributed by atoms with Gasteiger partial charge >= 0.3 is 0 Å². The number of anilines is 1. The molecule has 1 amide bonds. The number of amides is 1. The average Bonchev–Trinajstić information content (AvgIpc) is 3.00. The van der Waals surface area contributed by atoms with Gasteiger partial charge in [0.2, 0.25) is 5.95 Å². The van der Waals surface area contributed by atoms with Gasteiger partial charge in [-0.1, -0.05) is 24.1 Å². The summed E-state index contributed by atoms with van der Waals surface area (Å²) in [5.74, 6) is 1.43. The van der Waals surface area contributed by atoms with Gasteiger partial charge in [-0.15, -0.1) is 0 Å². The third kappa shape index (κ3) is 5.09. The summed E-state index contributed by atoms with van der Waals surface area (Å²) < 4.78 is 5.85. The van der Waals surface area contributed by atoms with Gasteiger partial charge in [0.15, 0.2) is 6.10 Å². The molecule has 2 aliphatic heterocycles. The first-order chi connectivity index (χ1) is 16.1. The van der Waals surface area contributed by atoms with E-state index in [1.165, 1.54) is 19.3 Å². The molecule has 5 rings (SSSR count). The Hall–Kier alpha value is -2.38. The molecule has 1 saturated carbocycles. The van der Waals surface area contributed by atoms with Crippen molar-refractivity contribution in [2.75, 3.05) is 44.2 Å². The van der Waals surface area contributed by atoms with E-state index < -0.39 is 6.10 Å². The summed E-state index contributed by atoms with van der Waals surface area (Å²) in [4.78, 5) is 29.5. The first-order valence-electron chi connectivity index (χ1n) is 12.1. The van der Waals surface area contributed by atoms with Gasteiger partial charge in [-0.2, -0.15) is 0 Å². The van der Waals surface area contributed by atoms with Crippen LogP contribution in [0.25, 0.3) is 0 Å². The third-order valence-corrected chi connectivity index (χ3v) is 7.40. The van der Waals surface area contributed by atoms with Crippen LogP contribution in [0.3, 0.4) is 0 Å². The van der Waals surface area contributed by atoms with E-state index in [9.17, 15) is 4.79 Å². The summed E-state index contributed by atoms with van der Waals surface area (Å²) in [6.07, 6.45) is 6.99. The Morgan fingerprint density at radius 1 is 1.12 bits per heavy atom. The molecule has 33 heavy (non-hydrogen) atoms. The maximum absolute atomic E-state index is 13.0. The number of hydrogen-bond acceptors (Lipinski definition) is 6. The second-order valence-corrected chi connectivity index (χ2v) is 9.73. The average molecular weight is 470 g/mol. The van der Waals surface area contributed by atoms with Gasteiger partial charge in [0.25, 0.3) is 5.91 Å². The second-order valence-electron chi connectivity index (χ2n) is 9.29. The number of carbonyl (C=O) groups excluding carboxylic acids is 1. The van der Waals surface area contributed by atoms with E-state index in [-0.39, 0.29) is 5.91 Å². The number of ether oxygens (including phenoxy) is 1. The van der Waals surface area contributed by atoms with Crippen LogP contribution >= 0.6 is 11.6 Å². The molecule has 7 nitrogen and oxygen atoms in total. The quantitative estimate of drug-likeness (QED) is 0.670. The molecule has 0 spiro atoms. The highest BCUT2D eigenvalue weighted by atomic mass is 35.5. The van der Waals surface area contributed by atoms with Gasteiger partial charge in [0.05, 0.1) is 5.69 Å². The van der Waals surface area contributed by atoms with E-state index in [2.05, 4.69) is 14.8 Å². The first-order valence-corrected chi connectivity index (χ1v) is 12.5. The maximum atomic E-state index is 13.0. The molecule has 176 valence electrons. The van der Waals surface area contributed by atoms with Crippen LogP contribution in [0.4, 0.5) is 5.95 Å². The van der Waals surface area contributed by atoms with Crippen molar-refractivity contribution in [2.45, 2.75) is 51.2 Å². The smallest absolute Gasteiger partial charge is 0.263 e. The number of fused-ring (bicyclic) bond motifs is 1. The Bertz CT molecular complexity index is 991. The highest BCUT2D eigenvalue weighted by molar-refractivity contribution is 6.30. The maximum Gasteiger partial charge on any atom is 0.263 e. The predicted molar refractivity (Wildman–Crippen MR) is 129 cm³/mol. The van der Waals surface area contributed by atoms with Crippen molar-refractivity contribution in [1.82, 2.24) is 19.8 Å². The van der Waals surface area contributed by atoms with Gasteiger partial charge in [-0.05, 0) is 49.9 Å². The zero-order valence-corrected chi connectivity index (χ0v) is 20.0. The lowest BCUT2D eigenvalue weighted by Crippen LogP contribution is -2.52. The lowest BCUT2D eigenvalue weighted by atomic mass is 9.91. The van der Waals surface area contributed by atoms with Crippen LogP contribution in [0.5, 0.6) is 5.75 Å². The Balaban J connectivity index is 1.18. The number of aromatic nitrogens is 2. The van der Waals surface area contributed by atoms with Gasteiger partial charge in [0, 0.05) is 63.0 Å². The van der Waals surface area contributed by atoms with E-state index in [1.54, 1.807) is 19.1 Å². The summed E-state index contributed by atoms with van der Waals surface area (Å²) >= 11 is 6.03. The van der Waals surface area contributed by atoms with Crippen LogP contribution in [-0.2, 0) is 17.6 Å². The molecule has 1 atom stereocenters. The number of carbonyl (C=O) groups is 1. The van der Waals surface area contributed by atoms with Crippen LogP contribution in [0.15, 0.2) is 30.5 Å². The fourth-order valence-electron chi connectivity index (χ4n) is 4.93. The minimum absolute atomic E-state index is 0.0110. The summed E-state index contributed by atoms with van der Waals surface area (Å²) in [6.45, 7) is 7.24. The number of nitrogens with zero attached hydrogens (tertiary/aromatic N) is 5. The van der Waals surface area contributed by atoms with E-state index in [4.69, 9.17) is 21.3 Å². The normalized spacial score (nSPS) is 20.5. The van der Waals surface area contributed by atoms with Crippen LogP contribution in [0.1, 0.15) is 37.4 Å². The first kappa shape index (κ1) is 22.4. The van der Waals surface area contributed by atoms with Crippen LogP contribution in [0.2, 0.25) is 5.02 Å². The van der Waals surface area contributed by atoms with Crippen molar-refractivity contribution in [3.05, 3.63) is 46.7 Å². The zero-order chi connectivity index (χ0) is 22.8. The number of piperazine rings is 1. The summed E-state index contributed by atoms with van der Waals surface area (Å²) in [5.41, 5.74) is 2.21. The molecular formula is C25H32ClN5O2. The van der Waals surface area contributed by atoms with Crippen molar-refractivity contribution in [1.29, 1.82) is 0 Å². The van der Waals surface area contributed by atoms with Gasteiger partial charge in [-0.3, -0.25) is 9.69 Å². The van der Waals surface area contributed by atoms with Crippen molar-refractivity contribution in [3.8, 4) is 5.75 Å². The fraction of sp³-hybridized carbons (Fsp3) is 0.560.